The van der Waals surface area contributed by atoms with Crippen molar-refractivity contribution in [2.24, 2.45) is 0 Å². The number of hydrogen-bond donors (Lipinski definition) is 1. The first-order chi connectivity index (χ1) is 4.02. The average Bonchev–Trinajstić information content (AvgIpc) is 1.79. The van der Waals surface area contributed by atoms with Crippen molar-refractivity contribution in [3.05, 3.63) is 0 Å². The van der Waals surface area contributed by atoms with Gasteiger partial charge in [0.1, 0.15) is 6.29 Å². The highest BCUT2D eigenvalue weighted by atomic mass is 28.4. The van der Waals surface area contributed by atoms with E-state index in [9.17, 15) is 0 Å². The van der Waals surface area contributed by atoms with Crippen LogP contribution >= 0.6 is 0 Å². The van der Waals surface area contributed by atoms with E-state index in [-0.39, 0.29) is 0 Å². The zero-order valence-electron chi connectivity index (χ0n) is 6.22. The summed E-state index contributed by atoms with van der Waals surface area (Å²) >= 11 is 0. The molecule has 0 radical (unpaired) electrons. The summed E-state index contributed by atoms with van der Waals surface area (Å²) in [5.74, 6) is 0. The van der Waals surface area contributed by atoms with Crippen molar-refractivity contribution in [2.45, 2.75) is 38.3 Å². The second-order valence-corrected chi connectivity index (χ2v) is 7.74. The smallest absolute Gasteiger partial charge is 0.193 e. The molecule has 0 saturated carbocycles. The largest absolute Gasteiger partial charge is 0.393 e. The maximum Gasteiger partial charge on any atom is 0.193 e. The molecule has 1 aliphatic heterocycles. The molecule has 0 amide bonds. The minimum Gasteiger partial charge on any atom is -0.393 e. The molecule has 1 saturated heterocycles. The van der Waals surface area contributed by atoms with Crippen LogP contribution in [0, 0.1) is 0 Å². The van der Waals surface area contributed by atoms with E-state index in [1.54, 1.807) is 0 Å². The fourth-order valence-electron chi connectivity index (χ4n) is 1.10. The van der Waals surface area contributed by atoms with Gasteiger partial charge in [0.25, 0.3) is 0 Å². The van der Waals surface area contributed by atoms with Crippen LogP contribution in [0.15, 0.2) is 0 Å². The summed E-state index contributed by atoms with van der Waals surface area (Å²) in [6, 6.07) is 0. The third-order valence-electron chi connectivity index (χ3n) is 2.18. The summed E-state index contributed by atoms with van der Waals surface area (Å²) in [6.45, 7) is 6.45. The molecule has 1 heterocycles. The Labute approximate surface area is 57.0 Å². The van der Waals surface area contributed by atoms with Crippen LogP contribution in [0.25, 0.3) is 0 Å². The lowest BCUT2D eigenvalue weighted by molar-refractivity contribution is -0.00646. The van der Waals surface area contributed by atoms with Gasteiger partial charge in [-0.2, -0.15) is 0 Å². The van der Waals surface area contributed by atoms with Crippen LogP contribution in [0.1, 0.15) is 13.3 Å². The summed E-state index contributed by atoms with van der Waals surface area (Å²) in [4.78, 5) is 0. The molecule has 0 aromatic carbocycles. The van der Waals surface area contributed by atoms with E-state index in [0.717, 1.165) is 6.42 Å². The third-order valence-corrected chi connectivity index (χ3v) is 5.67. The predicted molar refractivity (Wildman–Crippen MR) is 38.6 cm³/mol. The van der Waals surface area contributed by atoms with E-state index < -0.39 is 14.6 Å². The summed E-state index contributed by atoms with van der Waals surface area (Å²) in [5.41, 5.74) is 0.604. The number of aliphatic hydroxyl groups is 1. The summed E-state index contributed by atoms with van der Waals surface area (Å²) < 4.78 is 5.36. The van der Waals surface area contributed by atoms with E-state index in [0.29, 0.717) is 5.54 Å². The first kappa shape index (κ1) is 7.25. The average molecular weight is 146 g/mol. The Kier molecular flexibility index (Phi) is 1.67. The second kappa shape index (κ2) is 2.07. The van der Waals surface area contributed by atoms with E-state index in [1.165, 1.54) is 0 Å². The Morgan fingerprint density at radius 2 is 2.11 bits per heavy atom. The van der Waals surface area contributed by atoms with Gasteiger partial charge in [0.2, 0.25) is 0 Å². The number of hydrogen-bond acceptors (Lipinski definition) is 2. The van der Waals surface area contributed by atoms with Crippen molar-refractivity contribution in [3.8, 4) is 0 Å². The van der Waals surface area contributed by atoms with Crippen molar-refractivity contribution >= 4 is 8.32 Å². The fraction of sp³-hybridized carbons (Fsp3) is 1.00. The maximum absolute atomic E-state index is 9.05. The fourth-order valence-corrected chi connectivity index (χ4v) is 2.90. The predicted octanol–water partition coefficient (Wildman–Crippen LogP) is 1.32. The number of aliphatic hydroxyl groups excluding tert-OH is 1. The van der Waals surface area contributed by atoms with Crippen molar-refractivity contribution in [3.63, 3.8) is 0 Å². The second-order valence-electron chi connectivity index (χ2n) is 3.31. The summed E-state index contributed by atoms with van der Waals surface area (Å²) in [6.07, 6.45) is 0.362. The minimum atomic E-state index is -1.46. The molecule has 2 nitrogen and oxygen atoms in total. The summed E-state index contributed by atoms with van der Waals surface area (Å²) in [7, 11) is -1.46. The quantitative estimate of drug-likeness (QED) is 0.522. The molecule has 1 fully saturated rings. The lowest BCUT2D eigenvalue weighted by atomic mass is 10.3. The summed E-state index contributed by atoms with van der Waals surface area (Å²) in [5, 5.41) is 9.05. The molecule has 2 atom stereocenters. The molecule has 54 valence electrons. The Bertz CT molecular complexity index is 114. The molecule has 9 heavy (non-hydrogen) atoms. The van der Waals surface area contributed by atoms with Gasteiger partial charge in [-0.05, 0) is 25.1 Å². The molecule has 0 bridgehead atoms. The molecule has 3 heteroatoms. The SMILES string of the molecule is CC1CC(O)O[Si]1(C)C. The molecule has 0 spiro atoms. The highest BCUT2D eigenvalue weighted by Gasteiger charge is 2.40. The zero-order chi connectivity index (χ0) is 7.07. The van der Waals surface area contributed by atoms with E-state index >= 15 is 0 Å². The van der Waals surface area contributed by atoms with Gasteiger partial charge in [0.05, 0.1) is 0 Å². The molecule has 1 N–H and O–H groups in total. The lowest BCUT2D eigenvalue weighted by Crippen LogP contribution is -2.29. The van der Waals surface area contributed by atoms with Crippen molar-refractivity contribution < 1.29 is 9.53 Å². The first-order valence-electron chi connectivity index (χ1n) is 3.38. The van der Waals surface area contributed by atoms with Crippen LogP contribution in [0.4, 0.5) is 0 Å². The Hall–Kier alpha value is 0.137. The van der Waals surface area contributed by atoms with Gasteiger partial charge in [-0.1, -0.05) is 6.92 Å². The molecular formula is C6H14O2Si. The van der Waals surface area contributed by atoms with Gasteiger partial charge in [-0.3, -0.25) is 0 Å². The molecule has 0 aliphatic carbocycles. The number of rotatable bonds is 0. The van der Waals surface area contributed by atoms with Crippen molar-refractivity contribution in [2.75, 3.05) is 0 Å². The molecule has 1 rings (SSSR count). The van der Waals surface area contributed by atoms with Crippen LogP contribution in [0.5, 0.6) is 0 Å². The highest BCUT2D eigenvalue weighted by Crippen LogP contribution is 2.35. The lowest BCUT2D eigenvalue weighted by Gasteiger charge is -2.18. The standard InChI is InChI=1S/C6H14O2Si/c1-5-4-6(7)8-9(5,2)3/h5-7H,4H2,1-3H3. The molecule has 1 aliphatic rings. The maximum atomic E-state index is 9.05. The van der Waals surface area contributed by atoms with Gasteiger partial charge < -0.3 is 9.53 Å². The molecular weight excluding hydrogens is 132 g/mol. The van der Waals surface area contributed by atoms with E-state index in [1.807, 2.05) is 0 Å². The van der Waals surface area contributed by atoms with Crippen LogP contribution in [0.3, 0.4) is 0 Å². The van der Waals surface area contributed by atoms with Crippen LogP contribution in [-0.2, 0) is 4.43 Å². The minimum absolute atomic E-state index is 0.471. The van der Waals surface area contributed by atoms with Crippen molar-refractivity contribution in [1.29, 1.82) is 0 Å². The molecule has 2 unspecified atom stereocenters. The van der Waals surface area contributed by atoms with Crippen LogP contribution in [-0.4, -0.2) is 19.7 Å². The molecule has 0 aromatic rings. The van der Waals surface area contributed by atoms with Crippen LogP contribution in [0.2, 0.25) is 18.6 Å². The van der Waals surface area contributed by atoms with Gasteiger partial charge in [-0.15, -0.1) is 0 Å². The van der Waals surface area contributed by atoms with E-state index in [2.05, 4.69) is 20.0 Å². The highest BCUT2D eigenvalue weighted by molar-refractivity contribution is 6.73. The van der Waals surface area contributed by atoms with Crippen molar-refractivity contribution in [1.82, 2.24) is 0 Å². The normalized spacial score (nSPS) is 41.3. The Morgan fingerprint density at radius 1 is 1.56 bits per heavy atom. The van der Waals surface area contributed by atoms with E-state index in [4.69, 9.17) is 9.53 Å². The van der Waals surface area contributed by atoms with Gasteiger partial charge >= 0.3 is 0 Å². The zero-order valence-corrected chi connectivity index (χ0v) is 7.22. The topological polar surface area (TPSA) is 29.5 Å². The third kappa shape index (κ3) is 1.34. The van der Waals surface area contributed by atoms with Crippen LogP contribution < -0.4 is 0 Å². The molecule has 0 aromatic heterocycles. The van der Waals surface area contributed by atoms with Gasteiger partial charge in [-0.25, -0.2) is 0 Å². The first-order valence-corrected chi connectivity index (χ1v) is 6.37. The Morgan fingerprint density at radius 3 is 2.22 bits per heavy atom. The van der Waals surface area contributed by atoms with Gasteiger partial charge in [0, 0.05) is 0 Å². The monoisotopic (exact) mass is 146 g/mol. The van der Waals surface area contributed by atoms with Gasteiger partial charge in [0.15, 0.2) is 8.32 Å². The Balaban J connectivity index is 2.58.